The van der Waals surface area contributed by atoms with Crippen LogP contribution in [0.5, 0.6) is 0 Å². The molecule has 12 rings (SSSR count). The van der Waals surface area contributed by atoms with E-state index in [4.69, 9.17) is 14.4 Å². The fourth-order valence-corrected chi connectivity index (χ4v) is 9.62. The molecule has 4 heterocycles. The van der Waals surface area contributed by atoms with Crippen molar-refractivity contribution in [2.45, 2.75) is 0 Å². The fourth-order valence-electron chi connectivity index (χ4n) is 8.46. The van der Waals surface area contributed by atoms with Crippen LogP contribution in [0, 0.1) is 0 Å². The first-order valence-electron chi connectivity index (χ1n) is 19.9. The number of benzene rings is 8. The van der Waals surface area contributed by atoms with Crippen molar-refractivity contribution in [3.05, 3.63) is 195 Å². The molecule has 0 fully saturated rings. The van der Waals surface area contributed by atoms with E-state index in [1.54, 1.807) is 17.7 Å². The third kappa shape index (κ3) is 5.76. The van der Waals surface area contributed by atoms with Crippen molar-refractivity contribution in [1.29, 1.82) is 0 Å². The predicted octanol–water partition coefficient (Wildman–Crippen LogP) is 14.7. The maximum Gasteiger partial charge on any atom is 0.160 e. The topological polar surface area (TPSA) is 64.7 Å². The molecular formula is C54H32N4OS. The molecule has 0 aliphatic carbocycles. The molecule has 0 saturated heterocycles. The Morgan fingerprint density at radius 2 is 1.05 bits per heavy atom. The Morgan fingerprint density at radius 3 is 1.82 bits per heavy atom. The number of rotatable bonds is 6. The summed E-state index contributed by atoms with van der Waals surface area (Å²) in [5.74, 6) is 0.714. The molecule has 60 heavy (non-hydrogen) atoms. The minimum Gasteiger partial charge on any atom is -0.455 e. The molecule has 0 amide bonds. The molecule has 12 aromatic rings. The van der Waals surface area contributed by atoms with Crippen LogP contribution in [-0.2, 0) is 0 Å². The van der Waals surface area contributed by atoms with Crippen LogP contribution in [0.3, 0.4) is 0 Å². The highest BCUT2D eigenvalue weighted by Gasteiger charge is 2.19. The summed E-state index contributed by atoms with van der Waals surface area (Å²) in [4.78, 5) is 19.5. The minimum atomic E-state index is 0.714. The second-order valence-electron chi connectivity index (χ2n) is 15.0. The minimum absolute atomic E-state index is 0.714. The smallest absolute Gasteiger partial charge is 0.160 e. The maximum absolute atomic E-state index is 6.46. The fraction of sp³-hybridized carbons (Fsp3) is 0. The van der Waals surface area contributed by atoms with E-state index in [0.29, 0.717) is 5.82 Å². The summed E-state index contributed by atoms with van der Waals surface area (Å²) in [7, 11) is 0. The molecule has 0 aliphatic rings. The van der Waals surface area contributed by atoms with Crippen LogP contribution in [0.4, 0.5) is 0 Å². The van der Waals surface area contributed by atoms with Gasteiger partial charge in [0.15, 0.2) is 5.82 Å². The van der Waals surface area contributed by atoms with Crippen molar-refractivity contribution in [3.8, 4) is 67.2 Å². The van der Waals surface area contributed by atoms with E-state index in [0.717, 1.165) is 98.6 Å². The Balaban J connectivity index is 0.874. The predicted molar refractivity (Wildman–Crippen MR) is 248 cm³/mol. The van der Waals surface area contributed by atoms with Crippen LogP contribution in [0.2, 0.25) is 0 Å². The summed E-state index contributed by atoms with van der Waals surface area (Å²) in [5, 5.41) is 4.21. The van der Waals surface area contributed by atoms with E-state index in [1.807, 2.05) is 30.5 Å². The molecule has 0 atom stereocenters. The Kier molecular flexibility index (Phi) is 7.96. The molecule has 6 heteroatoms. The van der Waals surface area contributed by atoms with Gasteiger partial charge in [-0.05, 0) is 63.2 Å². The summed E-state index contributed by atoms with van der Waals surface area (Å²) in [5.41, 5.74) is 15.6. The van der Waals surface area contributed by atoms with Crippen LogP contribution in [-0.4, -0.2) is 19.9 Å². The van der Waals surface area contributed by atoms with Gasteiger partial charge in [0.25, 0.3) is 0 Å². The van der Waals surface area contributed by atoms with E-state index >= 15 is 0 Å². The quantitative estimate of drug-likeness (QED) is 0.168. The van der Waals surface area contributed by atoms with E-state index < -0.39 is 0 Å². The number of thiophene rings is 1. The van der Waals surface area contributed by atoms with Crippen LogP contribution in [0.25, 0.3) is 120 Å². The Hall–Kier alpha value is -7.80. The highest BCUT2D eigenvalue weighted by atomic mass is 32.1. The zero-order chi connectivity index (χ0) is 39.6. The zero-order valence-electron chi connectivity index (χ0n) is 32.1. The van der Waals surface area contributed by atoms with E-state index in [1.165, 1.54) is 15.8 Å². The van der Waals surface area contributed by atoms with Gasteiger partial charge in [-0.1, -0.05) is 158 Å². The van der Waals surface area contributed by atoms with Gasteiger partial charge in [-0.2, -0.15) is 0 Å². The van der Waals surface area contributed by atoms with Gasteiger partial charge in [0.05, 0.1) is 26.8 Å². The van der Waals surface area contributed by atoms with Gasteiger partial charge in [-0.3, -0.25) is 0 Å². The third-order valence-electron chi connectivity index (χ3n) is 11.5. The second-order valence-corrected chi connectivity index (χ2v) is 16.1. The van der Waals surface area contributed by atoms with Crippen molar-refractivity contribution in [2.75, 3.05) is 0 Å². The van der Waals surface area contributed by atoms with Crippen LogP contribution in [0.15, 0.2) is 199 Å². The van der Waals surface area contributed by atoms with E-state index in [9.17, 15) is 0 Å². The summed E-state index contributed by atoms with van der Waals surface area (Å²) >= 11 is 1.75. The summed E-state index contributed by atoms with van der Waals surface area (Å²) in [6.45, 7) is 0. The standard InChI is InChI=1S/C54H32N4OS/c1-2-9-33(10-3-1)34-23-27-39(28-24-34)50-53-51(44-14-5-7-16-47(44)60-53)58-54(57-50)41-12-8-11-40(29-41)37-19-17-35(18-20-37)36-21-25-38(26-22-36)45-30-42-31-55-32-56-49(42)48-43-13-4-6-15-46(43)59-52(45)48/h1-32H. The first-order valence-corrected chi connectivity index (χ1v) is 20.7. The Bertz CT molecular complexity index is 3570. The van der Waals surface area contributed by atoms with Crippen molar-refractivity contribution in [1.82, 2.24) is 19.9 Å². The summed E-state index contributed by atoms with van der Waals surface area (Å²) in [6.07, 6.45) is 3.48. The summed E-state index contributed by atoms with van der Waals surface area (Å²) < 4.78 is 8.77. The van der Waals surface area contributed by atoms with Crippen molar-refractivity contribution >= 4 is 64.5 Å². The molecule has 0 unspecified atom stereocenters. The molecule has 0 N–H and O–H groups in total. The molecule has 0 radical (unpaired) electrons. The van der Waals surface area contributed by atoms with Crippen LogP contribution in [0.1, 0.15) is 0 Å². The van der Waals surface area contributed by atoms with Gasteiger partial charge in [-0.25, -0.2) is 19.9 Å². The molecule has 280 valence electrons. The van der Waals surface area contributed by atoms with Gasteiger partial charge in [0, 0.05) is 43.7 Å². The number of hydrogen-bond acceptors (Lipinski definition) is 6. The Morgan fingerprint density at radius 1 is 0.450 bits per heavy atom. The zero-order valence-corrected chi connectivity index (χ0v) is 32.9. The van der Waals surface area contributed by atoms with Crippen molar-refractivity contribution < 1.29 is 4.42 Å². The lowest BCUT2D eigenvalue weighted by Crippen LogP contribution is -1.94. The number of nitrogens with zero attached hydrogens (tertiary/aromatic N) is 4. The third-order valence-corrected chi connectivity index (χ3v) is 12.6. The van der Waals surface area contributed by atoms with Crippen molar-refractivity contribution in [3.63, 3.8) is 0 Å². The molecule has 0 aliphatic heterocycles. The number of para-hydroxylation sites is 1. The first kappa shape index (κ1) is 34.3. The van der Waals surface area contributed by atoms with E-state index in [-0.39, 0.29) is 0 Å². The molecule has 0 saturated carbocycles. The first-order chi connectivity index (χ1) is 29.7. The lowest BCUT2D eigenvalue weighted by Gasteiger charge is -2.10. The maximum atomic E-state index is 6.46. The normalized spacial score (nSPS) is 11.7. The molecule has 5 nitrogen and oxygen atoms in total. The summed E-state index contributed by atoms with van der Waals surface area (Å²) in [6, 6.07) is 64.1. The number of furan rings is 1. The van der Waals surface area contributed by atoms with Gasteiger partial charge < -0.3 is 4.42 Å². The highest BCUT2D eigenvalue weighted by Crippen LogP contribution is 2.42. The number of aromatic nitrogens is 4. The molecule has 4 aromatic heterocycles. The molecule has 8 aromatic carbocycles. The van der Waals surface area contributed by atoms with Gasteiger partial charge in [-0.15, -0.1) is 11.3 Å². The molecule has 0 spiro atoms. The van der Waals surface area contributed by atoms with Gasteiger partial charge in [0.2, 0.25) is 0 Å². The average molecular weight is 785 g/mol. The SMILES string of the molecule is c1ccc(-c2ccc(-c3nc(-c4cccc(-c5ccc(-c6ccc(-c7cc8cncnc8c8c7oc7ccccc78)cc6)cc5)c4)nc4c3sc3ccccc34)cc2)cc1. The van der Waals surface area contributed by atoms with Crippen LogP contribution < -0.4 is 0 Å². The molecule has 0 bridgehead atoms. The number of fused-ring (bicyclic) bond motifs is 8. The lowest BCUT2D eigenvalue weighted by atomic mass is 9.96. The average Bonchev–Trinajstić information content (AvgIpc) is 3.91. The largest absolute Gasteiger partial charge is 0.455 e. The highest BCUT2D eigenvalue weighted by molar-refractivity contribution is 7.26. The van der Waals surface area contributed by atoms with Crippen molar-refractivity contribution in [2.24, 2.45) is 0 Å². The van der Waals surface area contributed by atoms with Crippen LogP contribution >= 0.6 is 11.3 Å². The lowest BCUT2D eigenvalue weighted by molar-refractivity contribution is 0.670. The molecular weight excluding hydrogens is 753 g/mol. The number of hydrogen-bond donors (Lipinski definition) is 0. The monoisotopic (exact) mass is 784 g/mol. The second kappa shape index (κ2) is 13.9. The van der Waals surface area contributed by atoms with E-state index in [2.05, 4.69) is 168 Å². The Labute approximate surface area is 348 Å². The van der Waals surface area contributed by atoms with Gasteiger partial charge >= 0.3 is 0 Å². The van der Waals surface area contributed by atoms with Gasteiger partial charge in [0.1, 0.15) is 17.5 Å².